The molecule has 8 heteroatoms. The monoisotopic (exact) mass is 447 g/mol. The molecule has 1 saturated heterocycles. The molecule has 24 heavy (non-hydrogen) atoms. The second kappa shape index (κ2) is 11.1. The lowest BCUT2D eigenvalue weighted by atomic mass is 10.3. The molecule has 1 aromatic heterocycles. The van der Waals surface area contributed by atoms with Crippen LogP contribution in [0, 0.1) is 0 Å². The number of methoxy groups -OCH3 is 1. The fourth-order valence-electron chi connectivity index (χ4n) is 2.47. The van der Waals surface area contributed by atoms with Crippen LogP contribution in [-0.4, -0.2) is 55.0 Å². The maximum Gasteiger partial charge on any atom is 0.241 e. The number of likely N-dealkylation sites (tertiary alicyclic amines) is 1. The Morgan fingerprint density at radius 1 is 1.38 bits per heavy atom. The summed E-state index contributed by atoms with van der Waals surface area (Å²) in [5.41, 5.74) is 0.901. The van der Waals surface area contributed by atoms with E-state index in [1.54, 1.807) is 13.3 Å². The summed E-state index contributed by atoms with van der Waals surface area (Å²) in [6, 6.07) is 3.78. The van der Waals surface area contributed by atoms with Gasteiger partial charge in [-0.1, -0.05) is 6.07 Å². The van der Waals surface area contributed by atoms with Gasteiger partial charge in [0.2, 0.25) is 11.8 Å². The molecule has 1 aliphatic rings. The molecule has 7 nitrogen and oxygen atoms in total. The molecule has 0 aliphatic carbocycles. The van der Waals surface area contributed by atoms with E-state index in [0.717, 1.165) is 38.0 Å². The number of carbonyl (C=O) groups excluding carboxylic acids is 1. The molecular formula is C16H26IN5O2. The number of amides is 1. The third kappa shape index (κ3) is 6.14. The van der Waals surface area contributed by atoms with Crippen LogP contribution in [-0.2, 0) is 11.3 Å². The first kappa shape index (κ1) is 20.5. The van der Waals surface area contributed by atoms with Crippen molar-refractivity contribution in [2.45, 2.75) is 26.3 Å². The molecule has 0 aromatic carbocycles. The minimum absolute atomic E-state index is 0. The standard InChI is InChI=1S/C16H25N5O2.HI/c1-3-17-16(20-12-14(22)21-9-4-5-10-21)19-11-13-7-6-8-18-15(13)23-2;/h6-8H,3-5,9-12H2,1-2H3,(H2,17,19,20);1H. The number of pyridine rings is 1. The Morgan fingerprint density at radius 3 is 2.79 bits per heavy atom. The molecule has 0 spiro atoms. The van der Waals surface area contributed by atoms with E-state index in [2.05, 4.69) is 20.6 Å². The van der Waals surface area contributed by atoms with Crippen molar-refractivity contribution in [1.29, 1.82) is 0 Å². The zero-order valence-electron chi connectivity index (χ0n) is 14.2. The van der Waals surface area contributed by atoms with Crippen LogP contribution in [0.2, 0.25) is 0 Å². The number of ether oxygens (including phenoxy) is 1. The number of rotatable bonds is 6. The zero-order valence-corrected chi connectivity index (χ0v) is 16.6. The molecule has 0 radical (unpaired) electrons. The molecule has 1 fully saturated rings. The largest absolute Gasteiger partial charge is 0.481 e. The van der Waals surface area contributed by atoms with Gasteiger partial charge in [0.15, 0.2) is 5.96 Å². The van der Waals surface area contributed by atoms with E-state index in [9.17, 15) is 4.79 Å². The molecule has 2 rings (SSSR count). The number of nitrogens with zero attached hydrogens (tertiary/aromatic N) is 3. The number of aliphatic imine (C=N–C) groups is 1. The van der Waals surface area contributed by atoms with Crippen molar-refractivity contribution in [2.75, 3.05) is 33.3 Å². The topological polar surface area (TPSA) is 78.9 Å². The van der Waals surface area contributed by atoms with Gasteiger partial charge < -0.3 is 20.3 Å². The number of guanidine groups is 1. The first-order valence-electron chi connectivity index (χ1n) is 8.02. The summed E-state index contributed by atoms with van der Waals surface area (Å²) in [4.78, 5) is 22.6. The van der Waals surface area contributed by atoms with E-state index in [4.69, 9.17) is 4.74 Å². The van der Waals surface area contributed by atoms with Crippen LogP contribution in [0.15, 0.2) is 23.3 Å². The van der Waals surface area contributed by atoms with Crippen LogP contribution < -0.4 is 15.4 Å². The van der Waals surface area contributed by atoms with Gasteiger partial charge in [0, 0.05) is 31.4 Å². The van der Waals surface area contributed by atoms with Gasteiger partial charge in [0.25, 0.3) is 0 Å². The average molecular weight is 447 g/mol. The summed E-state index contributed by atoms with van der Waals surface area (Å²) < 4.78 is 5.22. The van der Waals surface area contributed by atoms with Crippen LogP contribution in [0.1, 0.15) is 25.3 Å². The SMILES string of the molecule is CCNC(=NCc1cccnc1OC)NCC(=O)N1CCCC1.I. The lowest BCUT2D eigenvalue weighted by molar-refractivity contribution is -0.128. The molecule has 0 unspecified atom stereocenters. The van der Waals surface area contributed by atoms with Gasteiger partial charge in [-0.15, -0.1) is 24.0 Å². The van der Waals surface area contributed by atoms with E-state index < -0.39 is 0 Å². The summed E-state index contributed by atoms with van der Waals surface area (Å²) in [6.45, 7) is 5.14. The predicted molar refractivity (Wildman–Crippen MR) is 105 cm³/mol. The molecule has 1 aliphatic heterocycles. The summed E-state index contributed by atoms with van der Waals surface area (Å²) >= 11 is 0. The van der Waals surface area contributed by atoms with Crippen molar-refractivity contribution >= 4 is 35.8 Å². The maximum absolute atomic E-state index is 12.1. The van der Waals surface area contributed by atoms with Gasteiger partial charge >= 0.3 is 0 Å². The summed E-state index contributed by atoms with van der Waals surface area (Å²) in [5.74, 6) is 1.30. The van der Waals surface area contributed by atoms with Crippen LogP contribution in [0.5, 0.6) is 5.88 Å². The Bertz CT molecular complexity index is 547. The number of nitrogens with one attached hydrogen (secondary N) is 2. The maximum atomic E-state index is 12.1. The van der Waals surface area contributed by atoms with Crippen molar-refractivity contribution in [2.24, 2.45) is 4.99 Å². The molecule has 134 valence electrons. The van der Waals surface area contributed by atoms with E-state index in [1.807, 2.05) is 24.0 Å². The van der Waals surface area contributed by atoms with Crippen LogP contribution in [0.3, 0.4) is 0 Å². The quantitative estimate of drug-likeness (QED) is 0.392. The summed E-state index contributed by atoms with van der Waals surface area (Å²) in [7, 11) is 1.59. The van der Waals surface area contributed by atoms with Crippen molar-refractivity contribution in [1.82, 2.24) is 20.5 Å². The molecule has 0 atom stereocenters. The normalized spacial score (nSPS) is 14.1. The van der Waals surface area contributed by atoms with Crippen molar-refractivity contribution < 1.29 is 9.53 Å². The summed E-state index contributed by atoms with van der Waals surface area (Å²) in [6.07, 6.45) is 3.88. The highest BCUT2D eigenvalue weighted by molar-refractivity contribution is 14.0. The minimum atomic E-state index is 0. The Hall–Kier alpha value is -1.58. The van der Waals surface area contributed by atoms with Gasteiger partial charge in [0.05, 0.1) is 20.2 Å². The Balaban J connectivity index is 0.00000288. The molecule has 0 saturated carbocycles. The number of aromatic nitrogens is 1. The van der Waals surface area contributed by atoms with E-state index >= 15 is 0 Å². The number of halogens is 1. The molecule has 1 aromatic rings. The lowest BCUT2D eigenvalue weighted by Crippen LogP contribution is -2.44. The molecular weight excluding hydrogens is 421 g/mol. The Morgan fingerprint density at radius 2 is 2.12 bits per heavy atom. The molecule has 2 heterocycles. The molecule has 0 bridgehead atoms. The average Bonchev–Trinajstić information content (AvgIpc) is 3.12. The van der Waals surface area contributed by atoms with Crippen molar-refractivity contribution in [3.05, 3.63) is 23.9 Å². The van der Waals surface area contributed by atoms with Crippen LogP contribution >= 0.6 is 24.0 Å². The number of carbonyl (C=O) groups is 1. The smallest absolute Gasteiger partial charge is 0.241 e. The first-order valence-corrected chi connectivity index (χ1v) is 8.02. The predicted octanol–water partition coefficient (Wildman–Crippen LogP) is 1.39. The fourth-order valence-corrected chi connectivity index (χ4v) is 2.47. The van der Waals surface area contributed by atoms with Crippen molar-refractivity contribution in [3.8, 4) is 5.88 Å². The fraction of sp³-hybridized carbons (Fsp3) is 0.562. The summed E-state index contributed by atoms with van der Waals surface area (Å²) in [5, 5.41) is 6.23. The third-order valence-corrected chi connectivity index (χ3v) is 3.66. The van der Waals surface area contributed by atoms with Gasteiger partial charge in [0.1, 0.15) is 0 Å². The first-order chi connectivity index (χ1) is 11.2. The zero-order chi connectivity index (χ0) is 16.5. The highest BCUT2D eigenvalue weighted by Gasteiger charge is 2.17. The highest BCUT2D eigenvalue weighted by atomic mass is 127. The van der Waals surface area contributed by atoms with Gasteiger partial charge in [-0.3, -0.25) is 4.79 Å². The van der Waals surface area contributed by atoms with E-state index in [1.165, 1.54) is 0 Å². The van der Waals surface area contributed by atoms with Crippen molar-refractivity contribution in [3.63, 3.8) is 0 Å². The van der Waals surface area contributed by atoms with E-state index in [-0.39, 0.29) is 36.4 Å². The van der Waals surface area contributed by atoms with Gasteiger partial charge in [-0.25, -0.2) is 9.98 Å². The van der Waals surface area contributed by atoms with Gasteiger partial charge in [-0.2, -0.15) is 0 Å². The second-order valence-electron chi connectivity index (χ2n) is 5.31. The lowest BCUT2D eigenvalue weighted by Gasteiger charge is -2.17. The second-order valence-corrected chi connectivity index (χ2v) is 5.31. The van der Waals surface area contributed by atoms with Gasteiger partial charge in [-0.05, 0) is 25.8 Å². The number of hydrogen-bond acceptors (Lipinski definition) is 4. The van der Waals surface area contributed by atoms with E-state index in [0.29, 0.717) is 18.4 Å². The third-order valence-electron chi connectivity index (χ3n) is 3.66. The molecule has 2 N–H and O–H groups in total. The minimum Gasteiger partial charge on any atom is -0.481 e. The number of hydrogen-bond donors (Lipinski definition) is 2. The van der Waals surface area contributed by atoms with Crippen LogP contribution in [0.4, 0.5) is 0 Å². The Kier molecular flexibility index (Phi) is 9.43. The Labute approximate surface area is 160 Å². The van der Waals surface area contributed by atoms with Crippen LogP contribution in [0.25, 0.3) is 0 Å². The molecule has 1 amide bonds. The highest BCUT2D eigenvalue weighted by Crippen LogP contribution is 2.14.